The third-order valence-corrected chi connectivity index (χ3v) is 7.34. The number of para-hydroxylation sites is 2. The van der Waals surface area contributed by atoms with Crippen LogP contribution in [-0.2, 0) is 0 Å². The monoisotopic (exact) mass is 555 g/mol. The number of pyridine rings is 1. The van der Waals surface area contributed by atoms with Crippen molar-refractivity contribution in [3.63, 3.8) is 0 Å². The minimum atomic E-state index is -0.237. The molecule has 0 saturated carbocycles. The van der Waals surface area contributed by atoms with E-state index in [9.17, 15) is 0 Å². The van der Waals surface area contributed by atoms with Crippen LogP contribution >= 0.6 is 0 Å². The quantitative estimate of drug-likeness (QED) is 0.249. The molecule has 0 amide bonds. The summed E-state index contributed by atoms with van der Waals surface area (Å²) in [5.74, 6) is 4.29. The SMILES string of the molecule is CCOc1ccc([C@H]2c3c(C)nn(-c4ccccn4)c3N=C3C(Nc4cccc(OC)c4)=Nc4ccccc4N32)cc1. The Hall–Kier alpha value is -5.44. The molecule has 2 aliphatic heterocycles. The molecule has 2 aromatic heterocycles. The fourth-order valence-corrected chi connectivity index (χ4v) is 5.50. The number of fused-ring (bicyclic) bond motifs is 4. The number of aliphatic imine (C=N–C) groups is 2. The number of aryl methyl sites for hydroxylation is 1. The van der Waals surface area contributed by atoms with E-state index in [-0.39, 0.29) is 6.04 Å². The largest absolute Gasteiger partial charge is 0.497 e. The number of rotatable bonds is 6. The number of hydrogen-bond donors (Lipinski definition) is 1. The fraction of sp³-hybridized carbons (Fsp3) is 0.152. The van der Waals surface area contributed by atoms with Crippen molar-refractivity contribution in [2.45, 2.75) is 19.9 Å². The maximum absolute atomic E-state index is 5.77. The van der Waals surface area contributed by atoms with Crippen LogP contribution < -0.4 is 19.7 Å². The lowest BCUT2D eigenvalue weighted by molar-refractivity contribution is 0.340. The third-order valence-electron chi connectivity index (χ3n) is 7.34. The molecule has 0 fully saturated rings. The molecule has 0 spiro atoms. The topological polar surface area (TPSA) is 89.2 Å². The molecule has 42 heavy (non-hydrogen) atoms. The molecule has 3 aromatic carbocycles. The van der Waals surface area contributed by atoms with Gasteiger partial charge in [0.15, 0.2) is 23.3 Å². The minimum absolute atomic E-state index is 0.237. The van der Waals surface area contributed by atoms with E-state index >= 15 is 0 Å². The molecule has 0 saturated heterocycles. The summed E-state index contributed by atoms with van der Waals surface area (Å²) in [5, 5.41) is 8.47. The summed E-state index contributed by atoms with van der Waals surface area (Å²) in [6.07, 6.45) is 1.76. The Morgan fingerprint density at radius 1 is 0.881 bits per heavy atom. The molecule has 0 bridgehead atoms. The number of aromatic nitrogens is 3. The Morgan fingerprint density at radius 2 is 1.71 bits per heavy atom. The van der Waals surface area contributed by atoms with Crippen LogP contribution in [0.2, 0.25) is 0 Å². The molecule has 7 rings (SSSR count). The second-order valence-electron chi connectivity index (χ2n) is 9.94. The van der Waals surface area contributed by atoms with Gasteiger partial charge in [0.25, 0.3) is 0 Å². The highest BCUT2D eigenvalue weighted by molar-refractivity contribution is 6.51. The third kappa shape index (κ3) is 4.35. The number of ether oxygens (including phenoxy) is 2. The lowest BCUT2D eigenvalue weighted by Gasteiger charge is -2.40. The van der Waals surface area contributed by atoms with E-state index in [2.05, 4.69) is 33.4 Å². The molecule has 208 valence electrons. The van der Waals surface area contributed by atoms with Gasteiger partial charge in [0.2, 0.25) is 0 Å². The number of benzene rings is 3. The summed E-state index contributed by atoms with van der Waals surface area (Å²) in [4.78, 5) is 17.2. The van der Waals surface area contributed by atoms with Crippen molar-refractivity contribution in [2.75, 3.05) is 23.9 Å². The Kier molecular flexibility index (Phi) is 6.39. The summed E-state index contributed by atoms with van der Waals surface area (Å²) < 4.78 is 13.1. The molecule has 5 aromatic rings. The van der Waals surface area contributed by atoms with Crippen LogP contribution in [0.4, 0.5) is 22.9 Å². The van der Waals surface area contributed by atoms with Crippen molar-refractivity contribution in [3.05, 3.63) is 114 Å². The lowest BCUT2D eigenvalue weighted by Crippen LogP contribution is -2.46. The van der Waals surface area contributed by atoms with Gasteiger partial charge in [-0.3, -0.25) is 0 Å². The molecule has 2 aliphatic rings. The molecule has 1 atom stereocenters. The molecule has 4 heterocycles. The Labute approximate surface area is 243 Å². The molecule has 0 aliphatic carbocycles. The summed E-state index contributed by atoms with van der Waals surface area (Å²) >= 11 is 0. The van der Waals surface area contributed by atoms with Crippen molar-refractivity contribution in [1.82, 2.24) is 14.8 Å². The molecule has 0 unspecified atom stereocenters. The van der Waals surface area contributed by atoms with E-state index in [0.29, 0.717) is 24.1 Å². The first-order valence-electron chi connectivity index (χ1n) is 13.9. The first kappa shape index (κ1) is 25.5. The zero-order valence-corrected chi connectivity index (χ0v) is 23.5. The highest BCUT2D eigenvalue weighted by atomic mass is 16.5. The second-order valence-corrected chi connectivity index (χ2v) is 9.94. The predicted octanol–water partition coefficient (Wildman–Crippen LogP) is 6.78. The van der Waals surface area contributed by atoms with E-state index < -0.39 is 0 Å². The standard InChI is InChI=1S/C33H29N7O2/c1-4-42-24-17-15-22(16-18-24)30-29-21(2)38-40(28-14-7-8-19-34-28)32(29)37-33-31(35-23-10-9-11-25(20-23)41-3)36-26-12-5-6-13-27(26)39(30)33/h5-20,30H,4H2,1-3H3,(H,35,36)/t30-/m0/s1. The van der Waals surface area contributed by atoms with Crippen molar-refractivity contribution < 1.29 is 9.47 Å². The highest BCUT2D eigenvalue weighted by Gasteiger charge is 2.41. The number of amidine groups is 2. The number of nitrogens with zero attached hydrogens (tertiary/aromatic N) is 6. The number of hydrogen-bond acceptors (Lipinski definition) is 8. The fourth-order valence-electron chi connectivity index (χ4n) is 5.50. The van der Waals surface area contributed by atoms with Crippen molar-refractivity contribution in [3.8, 4) is 17.3 Å². The zero-order valence-electron chi connectivity index (χ0n) is 23.5. The first-order chi connectivity index (χ1) is 20.6. The smallest absolute Gasteiger partial charge is 0.179 e. The molecule has 9 nitrogen and oxygen atoms in total. The van der Waals surface area contributed by atoms with Crippen LogP contribution in [0.3, 0.4) is 0 Å². The Balaban J connectivity index is 1.46. The Morgan fingerprint density at radius 3 is 2.50 bits per heavy atom. The maximum Gasteiger partial charge on any atom is 0.179 e. The highest BCUT2D eigenvalue weighted by Crippen LogP contribution is 2.48. The zero-order chi connectivity index (χ0) is 28.6. The number of nitrogens with one attached hydrogen (secondary N) is 1. The van der Waals surface area contributed by atoms with Gasteiger partial charge < -0.3 is 19.7 Å². The van der Waals surface area contributed by atoms with Crippen LogP contribution in [0.25, 0.3) is 5.82 Å². The average molecular weight is 556 g/mol. The lowest BCUT2D eigenvalue weighted by atomic mass is 9.93. The van der Waals surface area contributed by atoms with Gasteiger partial charge >= 0.3 is 0 Å². The van der Waals surface area contributed by atoms with E-state index in [0.717, 1.165) is 51.2 Å². The molecule has 1 N–H and O–H groups in total. The van der Waals surface area contributed by atoms with E-state index in [4.69, 9.17) is 24.6 Å². The van der Waals surface area contributed by atoms with Crippen LogP contribution in [-0.4, -0.2) is 40.2 Å². The van der Waals surface area contributed by atoms with Gasteiger partial charge in [0, 0.05) is 23.5 Å². The molecule has 0 radical (unpaired) electrons. The van der Waals surface area contributed by atoms with E-state index in [1.165, 1.54) is 0 Å². The molecular formula is C33H29N7O2. The first-order valence-corrected chi connectivity index (χ1v) is 13.9. The van der Waals surface area contributed by atoms with Crippen LogP contribution in [0.1, 0.15) is 29.8 Å². The van der Waals surface area contributed by atoms with Gasteiger partial charge in [0.05, 0.1) is 36.8 Å². The summed E-state index contributed by atoms with van der Waals surface area (Å²) in [5.41, 5.74) is 5.60. The minimum Gasteiger partial charge on any atom is -0.497 e. The molecular weight excluding hydrogens is 526 g/mol. The van der Waals surface area contributed by atoms with Crippen LogP contribution in [0.15, 0.2) is 107 Å². The average Bonchev–Trinajstić information content (AvgIpc) is 3.37. The summed E-state index contributed by atoms with van der Waals surface area (Å²) in [6, 6.07) is 29.7. The number of anilines is 2. The predicted molar refractivity (Wildman–Crippen MR) is 165 cm³/mol. The summed E-state index contributed by atoms with van der Waals surface area (Å²) in [7, 11) is 1.66. The van der Waals surface area contributed by atoms with Gasteiger partial charge in [-0.2, -0.15) is 9.78 Å². The van der Waals surface area contributed by atoms with E-state index in [1.807, 2.05) is 91.3 Å². The van der Waals surface area contributed by atoms with Crippen molar-refractivity contribution in [1.29, 1.82) is 0 Å². The van der Waals surface area contributed by atoms with Crippen LogP contribution in [0.5, 0.6) is 11.5 Å². The van der Waals surface area contributed by atoms with Gasteiger partial charge in [-0.1, -0.05) is 36.4 Å². The van der Waals surface area contributed by atoms with Gasteiger partial charge in [0.1, 0.15) is 11.5 Å². The number of methoxy groups -OCH3 is 1. The second kappa shape index (κ2) is 10.5. The molecule has 9 heteroatoms. The maximum atomic E-state index is 5.77. The van der Waals surface area contributed by atoms with Gasteiger partial charge in [-0.15, -0.1) is 0 Å². The van der Waals surface area contributed by atoms with Gasteiger partial charge in [-0.25, -0.2) is 15.0 Å². The van der Waals surface area contributed by atoms with Gasteiger partial charge in [-0.05, 0) is 67.9 Å². The normalized spacial score (nSPS) is 15.1. The summed E-state index contributed by atoms with van der Waals surface area (Å²) in [6.45, 7) is 4.62. The Bertz CT molecular complexity index is 1830. The van der Waals surface area contributed by atoms with Crippen molar-refractivity contribution in [2.24, 2.45) is 9.98 Å². The van der Waals surface area contributed by atoms with E-state index in [1.54, 1.807) is 13.3 Å². The van der Waals surface area contributed by atoms with Crippen LogP contribution in [0, 0.1) is 6.92 Å². The van der Waals surface area contributed by atoms with Crippen molar-refractivity contribution >= 4 is 34.6 Å².